The van der Waals surface area contributed by atoms with Crippen LogP contribution in [0.1, 0.15) is 0 Å². The zero-order valence-electron chi connectivity index (χ0n) is 3.13. The van der Waals surface area contributed by atoms with Gasteiger partial charge in [0.15, 0.2) is 0 Å². The molecule has 0 saturated carbocycles. The van der Waals surface area contributed by atoms with E-state index >= 15 is 0 Å². The molecule has 0 nitrogen and oxygen atoms in total. The quantitative estimate of drug-likeness (QED) is 0.397. The van der Waals surface area contributed by atoms with Gasteiger partial charge in [-0.3, -0.25) is 0 Å². The molecule has 34 valence electrons. The fourth-order valence-electron chi connectivity index (χ4n) is 0.0816. The molecule has 0 heterocycles. The summed E-state index contributed by atoms with van der Waals surface area (Å²) in [6.07, 6.45) is 2.57. The van der Waals surface area contributed by atoms with Crippen molar-refractivity contribution in [3.8, 4) is 0 Å². The first-order chi connectivity index (χ1) is 2.91. The van der Waals surface area contributed by atoms with Gasteiger partial charge in [0.25, 0.3) is 0 Å². The van der Waals surface area contributed by atoms with Crippen LogP contribution >= 0.6 is 13.7 Å². The van der Waals surface area contributed by atoms with Gasteiger partial charge in [0.2, 0.25) is 0 Å². The molecule has 4 heteroatoms. The number of hydrogen-bond acceptors (Lipinski definition) is 0. The third kappa shape index (κ3) is 5.64. The van der Waals surface area contributed by atoms with E-state index in [1.807, 2.05) is 0 Å². The molecule has 0 N–H and O–H groups in total. The first-order valence-electron chi connectivity index (χ1n) is 1.50. The molecule has 0 amide bonds. The summed E-state index contributed by atoms with van der Waals surface area (Å²) in [6, 6.07) is 0. The Balaban J connectivity index is 2.66. The van der Waals surface area contributed by atoms with Gasteiger partial charge in [-0.1, -0.05) is 0 Å². The van der Waals surface area contributed by atoms with Crippen LogP contribution in [-0.4, -0.2) is 42.5 Å². The van der Waals surface area contributed by atoms with Crippen molar-refractivity contribution in [3.63, 3.8) is 0 Å². The van der Waals surface area contributed by atoms with Gasteiger partial charge < -0.3 is 0 Å². The minimum atomic E-state index is 1.29. The van der Waals surface area contributed by atoms with E-state index < -0.39 is 0 Å². The summed E-state index contributed by atoms with van der Waals surface area (Å²) in [6.45, 7) is 2.79. The van der Waals surface area contributed by atoms with Crippen molar-refractivity contribution in [2.24, 2.45) is 0 Å². The molecule has 0 aromatic heterocycles. The first kappa shape index (κ1) is 7.64. The van der Waals surface area contributed by atoms with Crippen LogP contribution in [0, 0.1) is 0 Å². The van der Waals surface area contributed by atoms with Crippen molar-refractivity contribution >= 4 is 43.8 Å². The molecule has 0 aromatic carbocycles. The summed E-state index contributed by atoms with van der Waals surface area (Å²) in [5, 5.41) is 0. The minimum absolute atomic E-state index is 1.29. The Bertz CT molecular complexity index is 45.5. The Hall–Kier alpha value is 1.64. The molecule has 0 radical (unpaired) electrons. The average molecular weight is 248 g/mol. The molecular formula is C2H4P2Se2. The summed E-state index contributed by atoms with van der Waals surface area (Å²) >= 11 is 5.86. The third-order valence-corrected chi connectivity index (χ3v) is 3.75. The van der Waals surface area contributed by atoms with E-state index in [2.05, 4.69) is 30.2 Å². The van der Waals surface area contributed by atoms with Crippen LogP contribution in [0.25, 0.3) is 0 Å². The van der Waals surface area contributed by atoms with Gasteiger partial charge in [-0.05, 0) is 0 Å². The summed E-state index contributed by atoms with van der Waals surface area (Å²) in [5.41, 5.74) is 0. The average Bonchev–Trinajstić information content (AvgIpc) is 1.61. The maximum atomic E-state index is 2.93. The second-order valence-corrected chi connectivity index (χ2v) is 5.37. The van der Waals surface area contributed by atoms with Crippen LogP contribution in [-0.2, 0) is 0 Å². The Morgan fingerprint density at radius 1 is 1.00 bits per heavy atom. The van der Waals surface area contributed by atoms with Gasteiger partial charge >= 0.3 is 56.2 Å². The van der Waals surface area contributed by atoms with E-state index in [0.29, 0.717) is 0 Å². The van der Waals surface area contributed by atoms with E-state index in [-0.39, 0.29) is 0 Å². The van der Waals surface area contributed by atoms with E-state index in [4.69, 9.17) is 0 Å². The van der Waals surface area contributed by atoms with Gasteiger partial charge in [0, 0.05) is 0 Å². The zero-order chi connectivity index (χ0) is 4.83. The Morgan fingerprint density at radius 3 is 1.50 bits per heavy atom. The van der Waals surface area contributed by atoms with Crippen LogP contribution in [0.3, 0.4) is 0 Å². The molecule has 0 saturated heterocycles. The second kappa shape index (κ2) is 6.64. The second-order valence-electron chi connectivity index (χ2n) is 0.705. The van der Waals surface area contributed by atoms with E-state index in [9.17, 15) is 0 Å². The van der Waals surface area contributed by atoms with Crippen LogP contribution in [0.4, 0.5) is 0 Å². The third-order valence-electron chi connectivity index (χ3n) is 0.283. The number of hydrogen-bond donors (Lipinski definition) is 0. The first-order valence-corrected chi connectivity index (χ1v) is 8.09. The monoisotopic (exact) mass is 250 g/mol. The van der Waals surface area contributed by atoms with E-state index in [1.54, 1.807) is 0 Å². The molecule has 0 atom stereocenters. The molecule has 0 aliphatic rings. The Kier molecular flexibility index (Phi) is 8.45. The predicted octanol–water partition coefficient (Wildman–Crippen LogP) is 1.05. The van der Waals surface area contributed by atoms with Crippen LogP contribution in [0.5, 0.6) is 0 Å². The predicted molar refractivity (Wildman–Crippen MR) is 35.1 cm³/mol. The molecule has 0 aliphatic heterocycles. The summed E-state index contributed by atoms with van der Waals surface area (Å²) in [5.74, 6) is 0. The molecule has 6 heavy (non-hydrogen) atoms. The van der Waals surface area contributed by atoms with Gasteiger partial charge in [-0.2, -0.15) is 0 Å². The van der Waals surface area contributed by atoms with Crippen molar-refractivity contribution in [1.29, 1.82) is 0 Å². The Labute approximate surface area is 56.2 Å². The summed E-state index contributed by atoms with van der Waals surface area (Å²) in [4.78, 5) is 0. The SMILES string of the molecule is [Se]=PCCP=[Se]. The van der Waals surface area contributed by atoms with Gasteiger partial charge in [0.05, 0.1) is 0 Å². The topological polar surface area (TPSA) is 0 Å². The van der Waals surface area contributed by atoms with E-state index in [1.165, 1.54) is 26.0 Å². The van der Waals surface area contributed by atoms with Crippen molar-refractivity contribution in [2.75, 3.05) is 12.3 Å². The Morgan fingerprint density at radius 2 is 1.33 bits per heavy atom. The molecule has 0 rings (SSSR count). The van der Waals surface area contributed by atoms with Gasteiger partial charge in [0.1, 0.15) is 0 Å². The van der Waals surface area contributed by atoms with Crippen LogP contribution in [0.2, 0.25) is 0 Å². The molecule has 0 spiro atoms. The van der Waals surface area contributed by atoms with Crippen molar-refractivity contribution in [1.82, 2.24) is 0 Å². The van der Waals surface area contributed by atoms with Crippen LogP contribution < -0.4 is 0 Å². The van der Waals surface area contributed by atoms with Crippen molar-refractivity contribution < 1.29 is 0 Å². The molecular weight excluding hydrogens is 244 g/mol. The summed E-state index contributed by atoms with van der Waals surface area (Å²) in [7, 11) is 0. The fourth-order valence-corrected chi connectivity index (χ4v) is 3.82. The molecule has 0 bridgehead atoms. The molecule has 0 unspecified atom stereocenters. The molecule has 0 fully saturated rings. The van der Waals surface area contributed by atoms with E-state index in [0.717, 1.165) is 0 Å². The van der Waals surface area contributed by atoms with Gasteiger partial charge in [-0.25, -0.2) is 0 Å². The van der Waals surface area contributed by atoms with Gasteiger partial charge in [-0.15, -0.1) is 0 Å². The fraction of sp³-hybridized carbons (Fsp3) is 1.00. The van der Waals surface area contributed by atoms with Crippen LogP contribution in [0.15, 0.2) is 0 Å². The van der Waals surface area contributed by atoms with Crippen molar-refractivity contribution in [2.45, 2.75) is 0 Å². The number of rotatable bonds is 3. The normalized spacial score (nSPS) is 10.0. The zero-order valence-corrected chi connectivity index (χ0v) is 8.34. The molecule has 0 aromatic rings. The van der Waals surface area contributed by atoms with Crippen molar-refractivity contribution in [3.05, 3.63) is 0 Å². The standard InChI is InChI=1S/C2H4P2Se2/c5-3-1-2-4-6/h1-2H2. The molecule has 0 aliphatic carbocycles. The maximum absolute atomic E-state index is 2.93. The summed E-state index contributed by atoms with van der Waals surface area (Å²) < 4.78 is 0.